The monoisotopic (exact) mass is 485 g/mol. The van der Waals surface area contributed by atoms with E-state index in [2.05, 4.69) is 25.6 Å². The third-order valence-electron chi connectivity index (χ3n) is 4.31. The fraction of sp³-hybridized carbons (Fsp3) is 0.250. The summed E-state index contributed by atoms with van der Waals surface area (Å²) in [6.07, 6.45) is 0. The number of halogens is 3. The predicted octanol–water partition coefficient (Wildman–Crippen LogP) is 2.97. The molecule has 3 rings (SSSR count). The van der Waals surface area contributed by atoms with Gasteiger partial charge in [-0.3, -0.25) is 4.79 Å². The second kappa shape index (κ2) is 12.1. The number of nitrogens with one attached hydrogen (secondary N) is 2. The van der Waals surface area contributed by atoms with Crippen molar-refractivity contribution < 1.29 is 23.3 Å². The highest BCUT2D eigenvalue weighted by atomic mass is 35.5. The molecule has 0 unspecified atom stereocenters. The minimum absolute atomic E-state index is 0. The maximum Gasteiger partial charge on any atom is 0.277 e. The van der Waals surface area contributed by atoms with Gasteiger partial charge in [0.15, 0.2) is 11.5 Å². The molecule has 1 amide bonds. The number of hydrogen-bond acceptors (Lipinski definition) is 8. The van der Waals surface area contributed by atoms with Crippen LogP contribution in [0.1, 0.15) is 21.6 Å². The molecule has 32 heavy (non-hydrogen) atoms. The van der Waals surface area contributed by atoms with E-state index in [4.69, 9.17) is 26.8 Å². The Labute approximate surface area is 194 Å². The molecule has 1 aromatic heterocycles. The van der Waals surface area contributed by atoms with E-state index in [1.165, 1.54) is 19.2 Å². The first-order valence-electron chi connectivity index (χ1n) is 9.29. The van der Waals surface area contributed by atoms with Crippen molar-refractivity contribution in [2.24, 2.45) is 0 Å². The van der Waals surface area contributed by atoms with Crippen LogP contribution in [0.2, 0.25) is 5.02 Å². The molecule has 0 aliphatic rings. The van der Waals surface area contributed by atoms with E-state index in [0.717, 1.165) is 5.56 Å². The molecule has 12 heteroatoms. The zero-order valence-corrected chi connectivity index (χ0v) is 18.6. The van der Waals surface area contributed by atoms with E-state index in [1.54, 1.807) is 12.1 Å². The summed E-state index contributed by atoms with van der Waals surface area (Å²) in [5.74, 6) is 0.0309. The summed E-state index contributed by atoms with van der Waals surface area (Å²) < 4.78 is 29.4. The number of aromatic nitrogens is 2. The molecular weight excluding hydrogens is 464 g/mol. The van der Waals surface area contributed by atoms with Crippen molar-refractivity contribution in [2.45, 2.75) is 13.2 Å². The van der Waals surface area contributed by atoms with E-state index in [-0.39, 0.29) is 36.1 Å². The van der Waals surface area contributed by atoms with Crippen LogP contribution in [-0.4, -0.2) is 36.4 Å². The Kier molecular flexibility index (Phi) is 9.51. The molecule has 172 valence electrons. The van der Waals surface area contributed by atoms with Crippen molar-refractivity contribution in [1.82, 2.24) is 20.9 Å². The first kappa shape index (κ1) is 25.2. The summed E-state index contributed by atoms with van der Waals surface area (Å²) >= 11 is 6.03. The summed E-state index contributed by atoms with van der Waals surface area (Å²) in [4.78, 5) is 11.8. The number of methoxy groups -OCH3 is 1. The smallest absolute Gasteiger partial charge is 0.277 e. The molecule has 0 fully saturated rings. The number of ether oxygens (including phenoxy) is 2. The van der Waals surface area contributed by atoms with Gasteiger partial charge in [0.25, 0.3) is 5.91 Å². The van der Waals surface area contributed by atoms with Gasteiger partial charge in [0.2, 0.25) is 11.5 Å². The first-order valence-corrected chi connectivity index (χ1v) is 9.67. The minimum Gasteiger partial charge on any atom is -0.493 e. The number of nitrogen functional groups attached to an aromatic ring is 1. The van der Waals surface area contributed by atoms with Crippen LogP contribution in [-0.2, 0) is 13.2 Å². The zero-order chi connectivity index (χ0) is 22.2. The molecule has 4 N–H and O–H groups in total. The van der Waals surface area contributed by atoms with Crippen molar-refractivity contribution in [3.05, 3.63) is 64.1 Å². The maximum atomic E-state index is 13.9. The predicted molar refractivity (Wildman–Crippen MR) is 119 cm³/mol. The number of nitrogens with two attached hydrogens (primary N) is 1. The first-order chi connectivity index (χ1) is 15.0. The van der Waals surface area contributed by atoms with Gasteiger partial charge >= 0.3 is 0 Å². The van der Waals surface area contributed by atoms with E-state index in [9.17, 15) is 9.18 Å². The quantitative estimate of drug-likeness (QED) is 0.374. The lowest BCUT2D eigenvalue weighted by molar-refractivity contribution is 0.0944. The molecule has 0 aliphatic heterocycles. The Morgan fingerprint density at radius 2 is 2.03 bits per heavy atom. The summed E-state index contributed by atoms with van der Waals surface area (Å²) in [7, 11) is 1.52. The van der Waals surface area contributed by atoms with Crippen LogP contribution in [0.4, 0.5) is 10.2 Å². The van der Waals surface area contributed by atoms with Crippen molar-refractivity contribution in [3.8, 4) is 11.5 Å². The molecule has 9 nitrogen and oxygen atoms in total. The van der Waals surface area contributed by atoms with Crippen molar-refractivity contribution in [2.75, 3.05) is 25.9 Å². The van der Waals surface area contributed by atoms with Crippen LogP contribution < -0.4 is 25.8 Å². The second-order valence-corrected chi connectivity index (χ2v) is 6.81. The lowest BCUT2D eigenvalue weighted by Crippen LogP contribution is -2.32. The molecule has 0 saturated carbocycles. The number of nitrogens with zero attached hydrogens (tertiary/aromatic N) is 2. The Hall–Kier alpha value is -3.08. The molecule has 0 bridgehead atoms. The lowest BCUT2D eigenvalue weighted by Gasteiger charge is -2.14. The van der Waals surface area contributed by atoms with Crippen molar-refractivity contribution in [1.29, 1.82) is 0 Å². The van der Waals surface area contributed by atoms with Gasteiger partial charge in [0.1, 0.15) is 12.4 Å². The molecular formula is C20H22Cl2FN5O4. The SMILES string of the molecule is COc1cc(CNCCNC(=O)c2nonc2N)ccc1OCc1c(F)cccc1Cl.Cl. The van der Waals surface area contributed by atoms with Gasteiger partial charge in [-0.05, 0) is 40.1 Å². The fourth-order valence-electron chi connectivity index (χ4n) is 2.70. The highest BCUT2D eigenvalue weighted by Gasteiger charge is 2.15. The van der Waals surface area contributed by atoms with Gasteiger partial charge in [-0.2, -0.15) is 0 Å². The normalized spacial score (nSPS) is 10.3. The van der Waals surface area contributed by atoms with E-state index >= 15 is 0 Å². The number of hydrogen-bond donors (Lipinski definition) is 3. The Bertz CT molecular complexity index is 1030. The van der Waals surface area contributed by atoms with Crippen molar-refractivity contribution in [3.63, 3.8) is 0 Å². The molecule has 0 atom stereocenters. The molecule has 3 aromatic rings. The molecule has 0 spiro atoms. The second-order valence-electron chi connectivity index (χ2n) is 6.40. The van der Waals surface area contributed by atoms with Crippen LogP contribution in [0.5, 0.6) is 11.5 Å². The van der Waals surface area contributed by atoms with Gasteiger partial charge in [0, 0.05) is 25.2 Å². The number of anilines is 1. The van der Waals surface area contributed by atoms with Crippen LogP contribution in [0.15, 0.2) is 41.0 Å². The fourth-order valence-corrected chi connectivity index (χ4v) is 2.91. The summed E-state index contributed by atoms with van der Waals surface area (Å²) in [6, 6.07) is 9.88. The number of rotatable bonds is 10. The Morgan fingerprint density at radius 3 is 2.72 bits per heavy atom. The van der Waals surface area contributed by atoms with E-state index < -0.39 is 11.7 Å². The van der Waals surface area contributed by atoms with Gasteiger partial charge in [-0.25, -0.2) is 9.02 Å². The van der Waals surface area contributed by atoms with E-state index in [0.29, 0.717) is 36.2 Å². The van der Waals surface area contributed by atoms with Gasteiger partial charge in [-0.15, -0.1) is 12.4 Å². The topological polar surface area (TPSA) is 125 Å². The lowest BCUT2D eigenvalue weighted by atomic mass is 10.2. The summed E-state index contributed by atoms with van der Waals surface area (Å²) in [5, 5.41) is 12.9. The number of carbonyl (C=O) groups is 1. The van der Waals surface area contributed by atoms with Gasteiger partial charge < -0.3 is 25.8 Å². The number of benzene rings is 2. The third-order valence-corrected chi connectivity index (χ3v) is 4.66. The highest BCUT2D eigenvalue weighted by Crippen LogP contribution is 2.30. The molecule has 2 aromatic carbocycles. The maximum absolute atomic E-state index is 13.9. The number of carbonyl (C=O) groups excluding carboxylic acids is 1. The molecule has 0 aliphatic carbocycles. The van der Waals surface area contributed by atoms with Gasteiger partial charge in [0.05, 0.1) is 12.1 Å². The van der Waals surface area contributed by atoms with Crippen LogP contribution >= 0.6 is 24.0 Å². The Morgan fingerprint density at radius 1 is 1.22 bits per heavy atom. The Balaban J connectivity index is 0.00000363. The largest absolute Gasteiger partial charge is 0.493 e. The zero-order valence-electron chi connectivity index (χ0n) is 17.1. The highest BCUT2D eigenvalue weighted by molar-refractivity contribution is 6.31. The standard InChI is InChI=1S/C20H21ClFN5O4.ClH/c1-29-17-9-12(10-24-7-8-25-20(28)18-19(23)27-31-26-18)5-6-16(17)30-11-13-14(21)3-2-4-15(13)22;/h2-6,9,24H,7-8,10-11H2,1H3,(H2,23,27)(H,25,28);1H. The van der Waals surface area contributed by atoms with Crippen LogP contribution in [0.3, 0.4) is 0 Å². The van der Waals surface area contributed by atoms with Crippen LogP contribution in [0, 0.1) is 5.82 Å². The molecule has 1 heterocycles. The molecule has 0 radical (unpaired) electrons. The van der Waals surface area contributed by atoms with Crippen molar-refractivity contribution >= 4 is 35.7 Å². The summed E-state index contributed by atoms with van der Waals surface area (Å²) in [6.45, 7) is 1.36. The number of amides is 1. The van der Waals surface area contributed by atoms with Crippen LogP contribution in [0.25, 0.3) is 0 Å². The molecule has 0 saturated heterocycles. The average molecular weight is 486 g/mol. The van der Waals surface area contributed by atoms with Gasteiger partial charge in [-0.1, -0.05) is 23.7 Å². The average Bonchev–Trinajstić information content (AvgIpc) is 3.19. The summed E-state index contributed by atoms with van der Waals surface area (Å²) in [5.41, 5.74) is 6.64. The minimum atomic E-state index is -0.460. The third kappa shape index (κ3) is 6.46. The van der Waals surface area contributed by atoms with E-state index in [1.807, 2.05) is 12.1 Å².